The summed E-state index contributed by atoms with van der Waals surface area (Å²) in [5.41, 5.74) is 2.90. The summed E-state index contributed by atoms with van der Waals surface area (Å²) in [4.78, 5) is 25.4. The molecule has 5 atom stereocenters. The van der Waals surface area contributed by atoms with E-state index >= 15 is 0 Å². The maximum atomic E-state index is 12.5. The number of methoxy groups -OCH3 is 1. The summed E-state index contributed by atoms with van der Waals surface area (Å²) < 4.78 is 22.2. The smallest absolute Gasteiger partial charge is 0.377 e. The van der Waals surface area contributed by atoms with Gasteiger partial charge < -0.3 is 44.3 Å². The van der Waals surface area contributed by atoms with Crippen molar-refractivity contribution < 1.29 is 49.0 Å². The fourth-order valence-electron chi connectivity index (χ4n) is 5.76. The number of nitrogens with zero attached hydrogens (tertiary/aromatic N) is 1. The van der Waals surface area contributed by atoms with Gasteiger partial charge in [0.05, 0.1) is 24.7 Å². The zero-order valence-corrected chi connectivity index (χ0v) is 22.7. The van der Waals surface area contributed by atoms with Crippen LogP contribution >= 0.6 is 0 Å². The standard InChI is InChI=1S/C24H25NO4.C6H8O6/c1-25-13-12-24-11-10-18(28-23(26)16-6-4-3-5-7-16)14-20(24)29-22-19(27-2)9-8-17(15-25)21(22)24;7-1-2(8)5-3(9)4(10)6(11)12-5/h3-11,18,20H,12-15H2,1-2H3;2,5,7-10H,1H2. The maximum Gasteiger partial charge on any atom is 0.377 e. The second-order valence-corrected chi connectivity index (χ2v) is 10.5. The molecule has 1 spiro atoms. The van der Waals surface area contributed by atoms with Crippen LogP contribution in [-0.2, 0) is 26.2 Å². The molecule has 6 rings (SSSR count). The van der Waals surface area contributed by atoms with E-state index in [-0.39, 0.29) is 23.6 Å². The van der Waals surface area contributed by atoms with E-state index in [2.05, 4.69) is 28.8 Å². The third-order valence-electron chi connectivity index (χ3n) is 7.87. The van der Waals surface area contributed by atoms with Gasteiger partial charge in [0, 0.05) is 18.5 Å². The van der Waals surface area contributed by atoms with E-state index in [1.807, 2.05) is 30.3 Å². The van der Waals surface area contributed by atoms with Gasteiger partial charge in [-0.1, -0.05) is 30.3 Å². The van der Waals surface area contributed by atoms with Crippen LogP contribution < -0.4 is 9.47 Å². The molecule has 0 saturated heterocycles. The Morgan fingerprint density at radius 1 is 1.17 bits per heavy atom. The fraction of sp³-hybridized carbons (Fsp3) is 0.400. The lowest BCUT2D eigenvalue weighted by Gasteiger charge is -2.36. The Kier molecular flexibility index (Phi) is 7.94. The summed E-state index contributed by atoms with van der Waals surface area (Å²) >= 11 is 0. The largest absolute Gasteiger partial charge is 0.505 e. The van der Waals surface area contributed by atoms with Gasteiger partial charge in [0.1, 0.15) is 18.3 Å². The van der Waals surface area contributed by atoms with E-state index in [0.717, 1.165) is 31.0 Å². The molecule has 11 heteroatoms. The van der Waals surface area contributed by atoms with Crippen LogP contribution in [0.5, 0.6) is 11.5 Å². The third kappa shape index (κ3) is 5.23. The van der Waals surface area contributed by atoms with Crippen molar-refractivity contribution in [2.24, 2.45) is 0 Å². The number of aliphatic hydroxyl groups is 4. The second kappa shape index (κ2) is 11.4. The first-order valence-electron chi connectivity index (χ1n) is 13.3. The lowest BCUT2D eigenvalue weighted by Crippen LogP contribution is -2.43. The molecule has 41 heavy (non-hydrogen) atoms. The highest BCUT2D eigenvalue weighted by atomic mass is 16.6. The summed E-state index contributed by atoms with van der Waals surface area (Å²) in [5.74, 6) is -1.46. The second-order valence-electron chi connectivity index (χ2n) is 10.5. The monoisotopic (exact) mass is 567 g/mol. The molecule has 2 aromatic carbocycles. The Hall–Kier alpha value is -4.06. The number of cyclic esters (lactones) is 1. The number of carbonyl (C=O) groups excluding carboxylic acids is 2. The summed E-state index contributed by atoms with van der Waals surface area (Å²) in [6, 6.07) is 13.3. The van der Waals surface area contributed by atoms with E-state index in [0.29, 0.717) is 12.0 Å². The van der Waals surface area contributed by atoms with E-state index in [9.17, 15) is 9.59 Å². The van der Waals surface area contributed by atoms with Gasteiger partial charge in [-0.15, -0.1) is 0 Å². The summed E-state index contributed by atoms with van der Waals surface area (Å²) in [6.45, 7) is 1.20. The van der Waals surface area contributed by atoms with Gasteiger partial charge >= 0.3 is 11.9 Å². The van der Waals surface area contributed by atoms with Crippen LogP contribution in [0.1, 0.15) is 34.3 Å². The average Bonchev–Trinajstić information content (AvgIpc) is 3.40. The quantitative estimate of drug-likeness (QED) is 0.311. The molecule has 0 radical (unpaired) electrons. The Balaban J connectivity index is 0.000000237. The number of carbonyl (C=O) groups is 2. The van der Waals surface area contributed by atoms with E-state index in [4.69, 9.17) is 34.6 Å². The van der Waals surface area contributed by atoms with Gasteiger partial charge in [-0.25, -0.2) is 9.59 Å². The van der Waals surface area contributed by atoms with Crippen molar-refractivity contribution in [3.63, 3.8) is 0 Å². The zero-order valence-electron chi connectivity index (χ0n) is 22.7. The van der Waals surface area contributed by atoms with Gasteiger partial charge in [0.15, 0.2) is 23.4 Å². The minimum absolute atomic E-state index is 0.0716. The van der Waals surface area contributed by atoms with Crippen LogP contribution in [0.15, 0.2) is 66.1 Å². The maximum absolute atomic E-state index is 12.5. The van der Waals surface area contributed by atoms with Crippen LogP contribution in [0.3, 0.4) is 0 Å². The van der Waals surface area contributed by atoms with Crippen LogP contribution in [-0.4, -0.2) is 89.0 Å². The third-order valence-corrected chi connectivity index (χ3v) is 7.87. The van der Waals surface area contributed by atoms with Crippen LogP contribution in [0, 0.1) is 0 Å². The Morgan fingerprint density at radius 3 is 2.59 bits per heavy atom. The molecule has 4 N–H and O–H groups in total. The number of benzene rings is 2. The molecule has 11 nitrogen and oxygen atoms in total. The van der Waals surface area contributed by atoms with Gasteiger partial charge in [-0.3, -0.25) is 0 Å². The van der Waals surface area contributed by atoms with Crippen LogP contribution in [0.25, 0.3) is 0 Å². The number of rotatable bonds is 5. The van der Waals surface area contributed by atoms with E-state index < -0.39 is 36.3 Å². The molecular weight excluding hydrogens is 534 g/mol. The number of hydrogen-bond acceptors (Lipinski definition) is 11. The highest BCUT2D eigenvalue weighted by molar-refractivity contribution is 5.89. The Labute approximate surface area is 236 Å². The molecule has 0 bridgehead atoms. The van der Waals surface area contributed by atoms with Crippen LogP contribution in [0.4, 0.5) is 0 Å². The number of hydrogen-bond donors (Lipinski definition) is 4. The number of esters is 2. The SMILES string of the molecule is COc1ccc2c3c1OC1CC(OC(=O)c4ccccc4)C=CC31CCN(C)C2.O=C1OC(C(O)CO)C(O)=C1O. The molecule has 0 saturated carbocycles. The van der Waals surface area contributed by atoms with Gasteiger partial charge in [-0.2, -0.15) is 0 Å². The first kappa shape index (κ1) is 28.5. The lowest BCUT2D eigenvalue weighted by molar-refractivity contribution is -0.147. The fourth-order valence-corrected chi connectivity index (χ4v) is 5.76. The molecule has 1 aliphatic carbocycles. The van der Waals surface area contributed by atoms with Gasteiger partial charge in [0.2, 0.25) is 5.76 Å². The molecular formula is C30H33NO10. The Morgan fingerprint density at radius 2 is 1.93 bits per heavy atom. The van der Waals surface area contributed by atoms with Crippen LogP contribution in [0.2, 0.25) is 0 Å². The minimum atomic E-state index is -1.42. The van der Waals surface area contributed by atoms with Crippen molar-refractivity contribution in [3.8, 4) is 11.5 Å². The van der Waals surface area contributed by atoms with E-state index in [1.54, 1.807) is 19.2 Å². The summed E-state index contributed by atoms with van der Waals surface area (Å²) in [7, 11) is 3.83. The molecule has 0 fully saturated rings. The van der Waals surface area contributed by atoms with E-state index in [1.165, 1.54) is 11.1 Å². The lowest BCUT2D eigenvalue weighted by atomic mass is 9.69. The van der Waals surface area contributed by atoms with Crippen molar-refractivity contribution in [1.82, 2.24) is 4.90 Å². The molecule has 3 aliphatic heterocycles. The van der Waals surface area contributed by atoms with Gasteiger partial charge in [0.25, 0.3) is 0 Å². The first-order valence-corrected chi connectivity index (χ1v) is 13.3. The first-order chi connectivity index (χ1) is 19.7. The van der Waals surface area contributed by atoms with Crippen molar-refractivity contribution in [2.45, 2.75) is 49.2 Å². The average molecular weight is 568 g/mol. The van der Waals surface area contributed by atoms with Crippen molar-refractivity contribution >= 4 is 11.9 Å². The van der Waals surface area contributed by atoms with Crippen molar-refractivity contribution in [2.75, 3.05) is 27.3 Å². The molecule has 5 unspecified atom stereocenters. The molecule has 3 heterocycles. The number of aliphatic hydroxyl groups excluding tert-OH is 4. The van der Waals surface area contributed by atoms with Crippen molar-refractivity contribution in [1.29, 1.82) is 0 Å². The molecule has 0 aromatic heterocycles. The highest BCUT2D eigenvalue weighted by Crippen LogP contribution is 2.55. The Bertz CT molecular complexity index is 1370. The van der Waals surface area contributed by atoms with Crippen molar-refractivity contribution in [3.05, 3.63) is 82.8 Å². The molecule has 0 amide bonds. The zero-order chi connectivity index (χ0) is 29.3. The highest BCUT2D eigenvalue weighted by Gasteiger charge is 2.53. The predicted molar refractivity (Wildman–Crippen MR) is 145 cm³/mol. The predicted octanol–water partition coefficient (Wildman–Crippen LogP) is 2.31. The molecule has 218 valence electrons. The molecule has 4 aliphatic rings. The summed E-state index contributed by atoms with van der Waals surface area (Å²) in [5, 5.41) is 35.0. The normalized spacial score (nSPS) is 26.9. The molecule has 2 aromatic rings. The summed E-state index contributed by atoms with van der Waals surface area (Å²) in [6.07, 6.45) is 2.72. The van der Waals surface area contributed by atoms with Gasteiger partial charge in [-0.05, 0) is 49.9 Å². The minimum Gasteiger partial charge on any atom is -0.505 e. The number of ether oxygens (including phenoxy) is 4. The topological polar surface area (TPSA) is 155 Å².